The van der Waals surface area contributed by atoms with Crippen LogP contribution in [0.25, 0.3) is 0 Å². The fourth-order valence-electron chi connectivity index (χ4n) is 3.42. The van der Waals surface area contributed by atoms with Crippen LogP contribution in [0.15, 0.2) is 18.2 Å². The molecule has 0 unspecified atom stereocenters. The number of nitrogens with two attached hydrogens (primary N) is 1. The Balaban J connectivity index is 2.61. The maximum atomic E-state index is 13.3. The summed E-state index contributed by atoms with van der Waals surface area (Å²) in [6.07, 6.45) is -13.9. The average Bonchev–Trinajstić information content (AvgIpc) is 2.70. The molecule has 12 nitrogen and oxygen atoms in total. The molecule has 6 N–H and O–H groups in total. The molecule has 2 rings (SSSR count). The Kier molecular flexibility index (Phi) is 7.43. The summed E-state index contributed by atoms with van der Waals surface area (Å²) in [5, 5.41) is 51.3. The Morgan fingerprint density at radius 2 is 1.73 bits per heavy atom. The SMILES string of the molecule is NC(=O)CCc1ccc(N(C(=O)C(F)(F)F)C(=O)C2(O)C[C@@H](O)C(O)[C@H](O)C2)c([N+](=O)[O-])c1. The zero-order valence-corrected chi connectivity index (χ0v) is 16.7. The van der Waals surface area contributed by atoms with E-state index in [2.05, 4.69) is 0 Å². The van der Waals surface area contributed by atoms with Gasteiger partial charge in [0.2, 0.25) is 5.91 Å². The summed E-state index contributed by atoms with van der Waals surface area (Å²) in [7, 11) is 0. The van der Waals surface area contributed by atoms with Crippen LogP contribution in [0.2, 0.25) is 0 Å². The fourth-order valence-corrected chi connectivity index (χ4v) is 3.42. The van der Waals surface area contributed by atoms with Crippen LogP contribution >= 0.6 is 0 Å². The molecule has 0 heterocycles. The molecule has 1 aliphatic rings. The summed E-state index contributed by atoms with van der Waals surface area (Å²) < 4.78 is 39.9. The number of halogens is 3. The maximum Gasteiger partial charge on any atom is 0.472 e. The third kappa shape index (κ3) is 5.62. The molecule has 0 bridgehead atoms. The molecule has 0 saturated heterocycles. The summed E-state index contributed by atoms with van der Waals surface area (Å²) in [5.74, 6) is -5.63. The molecule has 1 fully saturated rings. The second-order valence-electron chi connectivity index (χ2n) is 7.56. The molecule has 182 valence electrons. The molecule has 2 atom stereocenters. The molecule has 1 aliphatic carbocycles. The number of amides is 3. The Hall–Kier alpha value is -3.14. The van der Waals surface area contributed by atoms with Crippen molar-refractivity contribution in [1.82, 2.24) is 0 Å². The lowest BCUT2D eigenvalue weighted by atomic mass is 9.78. The number of alkyl halides is 3. The van der Waals surface area contributed by atoms with Crippen LogP contribution in [-0.2, 0) is 20.8 Å². The Morgan fingerprint density at radius 3 is 2.18 bits per heavy atom. The summed E-state index contributed by atoms with van der Waals surface area (Å²) in [6, 6.07) is 2.41. The van der Waals surface area contributed by atoms with Crippen molar-refractivity contribution in [3.8, 4) is 0 Å². The van der Waals surface area contributed by atoms with Crippen LogP contribution < -0.4 is 10.6 Å². The number of aliphatic hydroxyl groups is 4. The number of imide groups is 1. The molecule has 1 saturated carbocycles. The molecule has 33 heavy (non-hydrogen) atoms. The van der Waals surface area contributed by atoms with Crippen molar-refractivity contribution in [3.05, 3.63) is 33.9 Å². The van der Waals surface area contributed by atoms with Gasteiger partial charge < -0.3 is 26.2 Å². The monoisotopic (exact) mass is 479 g/mol. The average molecular weight is 479 g/mol. The topological polar surface area (TPSA) is 205 Å². The Morgan fingerprint density at radius 1 is 1.18 bits per heavy atom. The predicted octanol–water partition coefficient (Wildman–Crippen LogP) is -0.958. The van der Waals surface area contributed by atoms with Crippen molar-refractivity contribution >= 4 is 29.1 Å². The van der Waals surface area contributed by atoms with E-state index in [4.69, 9.17) is 5.73 Å². The lowest BCUT2D eigenvalue weighted by molar-refractivity contribution is -0.384. The molecular weight excluding hydrogens is 459 g/mol. The molecule has 0 aliphatic heterocycles. The summed E-state index contributed by atoms with van der Waals surface area (Å²) in [5.41, 5.74) is -0.161. The van der Waals surface area contributed by atoms with Crippen LogP contribution in [0.4, 0.5) is 24.5 Å². The van der Waals surface area contributed by atoms with E-state index < -0.39 is 81.9 Å². The van der Waals surface area contributed by atoms with E-state index in [9.17, 15) is 58.1 Å². The Labute approximate surface area is 183 Å². The van der Waals surface area contributed by atoms with Gasteiger partial charge in [0, 0.05) is 25.3 Å². The lowest BCUT2D eigenvalue weighted by Crippen LogP contribution is -2.62. The van der Waals surface area contributed by atoms with Gasteiger partial charge in [-0.15, -0.1) is 0 Å². The van der Waals surface area contributed by atoms with Crippen molar-refractivity contribution in [3.63, 3.8) is 0 Å². The van der Waals surface area contributed by atoms with Gasteiger partial charge in [-0.1, -0.05) is 6.07 Å². The normalized spacial score (nSPS) is 25.4. The molecule has 1 aromatic rings. The number of aliphatic hydroxyl groups excluding tert-OH is 3. The van der Waals surface area contributed by atoms with Gasteiger partial charge in [0.15, 0.2) is 0 Å². The molecule has 1 aromatic carbocycles. The summed E-state index contributed by atoms with van der Waals surface area (Å²) in [6.45, 7) is 0. The van der Waals surface area contributed by atoms with E-state index >= 15 is 0 Å². The van der Waals surface area contributed by atoms with Crippen molar-refractivity contribution in [1.29, 1.82) is 0 Å². The van der Waals surface area contributed by atoms with Gasteiger partial charge in [0.1, 0.15) is 17.4 Å². The first-order valence-corrected chi connectivity index (χ1v) is 9.36. The highest BCUT2D eigenvalue weighted by Gasteiger charge is 2.55. The van der Waals surface area contributed by atoms with Gasteiger partial charge in [-0.25, -0.2) is 4.90 Å². The van der Waals surface area contributed by atoms with Crippen molar-refractivity contribution in [2.45, 2.75) is 55.8 Å². The van der Waals surface area contributed by atoms with E-state index in [0.29, 0.717) is 6.07 Å². The number of hydrogen-bond acceptors (Lipinski definition) is 9. The number of primary amides is 1. The number of rotatable bonds is 6. The number of anilines is 1. The van der Waals surface area contributed by atoms with Crippen LogP contribution in [0.5, 0.6) is 0 Å². The first-order chi connectivity index (χ1) is 15.1. The minimum absolute atomic E-state index is 0.0847. The number of carbonyl (C=O) groups excluding carboxylic acids is 3. The highest BCUT2D eigenvalue weighted by atomic mass is 19.4. The number of nitrogens with zero attached hydrogens (tertiary/aromatic N) is 2. The summed E-state index contributed by atoms with van der Waals surface area (Å²) in [4.78, 5) is 45.7. The molecule has 0 radical (unpaired) electrons. The number of nitro benzene ring substituents is 1. The third-order valence-corrected chi connectivity index (χ3v) is 5.07. The number of benzene rings is 1. The van der Waals surface area contributed by atoms with E-state index in [1.165, 1.54) is 0 Å². The molecule has 0 aromatic heterocycles. The molecule has 0 spiro atoms. The van der Waals surface area contributed by atoms with Crippen LogP contribution in [-0.4, -0.2) is 73.2 Å². The fraction of sp³-hybridized carbons (Fsp3) is 0.500. The number of carbonyl (C=O) groups is 3. The highest BCUT2D eigenvalue weighted by Crippen LogP contribution is 2.38. The van der Waals surface area contributed by atoms with Crippen molar-refractivity contribution in [2.24, 2.45) is 5.73 Å². The van der Waals surface area contributed by atoms with Crippen LogP contribution in [0.1, 0.15) is 24.8 Å². The predicted molar refractivity (Wildman–Crippen MR) is 101 cm³/mol. The molecular formula is C18H20F3N3O9. The van der Waals surface area contributed by atoms with Gasteiger partial charge in [-0.05, 0) is 18.1 Å². The number of nitro groups is 1. The summed E-state index contributed by atoms with van der Waals surface area (Å²) >= 11 is 0. The lowest BCUT2D eigenvalue weighted by Gasteiger charge is -2.40. The van der Waals surface area contributed by atoms with E-state index in [0.717, 1.165) is 12.1 Å². The Bertz CT molecular complexity index is 957. The standard InChI is InChI=1S/C18H20F3N3O9/c19-18(20,21)16(30)23(15(29)17(31)6-11(25)14(28)12(26)7-17)9-3-1-8(2-4-13(22)27)5-10(9)24(32)33/h1,3,5,11-12,14,25-26,28,31H,2,4,6-7H2,(H2,22,27)/t11-,12-,14?,17?/m1/s1. The van der Waals surface area contributed by atoms with Crippen molar-refractivity contribution in [2.75, 3.05) is 4.90 Å². The van der Waals surface area contributed by atoms with Gasteiger partial charge in [0.25, 0.3) is 11.6 Å². The first kappa shape index (κ1) is 26.1. The minimum Gasteiger partial charge on any atom is -0.390 e. The first-order valence-electron chi connectivity index (χ1n) is 9.36. The third-order valence-electron chi connectivity index (χ3n) is 5.07. The van der Waals surface area contributed by atoms with E-state index in [1.54, 1.807) is 0 Å². The van der Waals surface area contributed by atoms with Gasteiger partial charge in [0.05, 0.1) is 17.1 Å². The number of hydrogen-bond donors (Lipinski definition) is 5. The quantitative estimate of drug-likeness (QED) is 0.251. The highest BCUT2D eigenvalue weighted by molar-refractivity contribution is 6.20. The largest absolute Gasteiger partial charge is 0.472 e. The smallest absolute Gasteiger partial charge is 0.390 e. The molecule has 15 heteroatoms. The van der Waals surface area contributed by atoms with Gasteiger partial charge in [-0.3, -0.25) is 24.5 Å². The second-order valence-corrected chi connectivity index (χ2v) is 7.56. The van der Waals surface area contributed by atoms with E-state index in [1.807, 2.05) is 0 Å². The van der Waals surface area contributed by atoms with E-state index in [-0.39, 0.29) is 18.4 Å². The zero-order chi connectivity index (χ0) is 25.3. The molecule has 3 amide bonds. The maximum absolute atomic E-state index is 13.3. The van der Waals surface area contributed by atoms with Crippen molar-refractivity contribution < 1.29 is 52.9 Å². The zero-order valence-electron chi connectivity index (χ0n) is 16.7. The second kappa shape index (κ2) is 9.38. The van der Waals surface area contributed by atoms with Gasteiger partial charge >= 0.3 is 12.1 Å². The minimum atomic E-state index is -5.71. The van der Waals surface area contributed by atoms with Crippen LogP contribution in [0.3, 0.4) is 0 Å². The van der Waals surface area contributed by atoms with Gasteiger partial charge in [-0.2, -0.15) is 13.2 Å². The number of aryl methyl sites for hydroxylation is 1. The van der Waals surface area contributed by atoms with Crippen LogP contribution in [0, 0.1) is 10.1 Å².